The highest BCUT2D eigenvalue weighted by Crippen LogP contribution is 2.31. The third-order valence-corrected chi connectivity index (χ3v) is 4.15. The first-order valence-electron chi connectivity index (χ1n) is 7.50. The van der Waals surface area contributed by atoms with E-state index in [1.807, 2.05) is 0 Å². The first-order chi connectivity index (χ1) is 12.2. The molecule has 1 N–H and O–H groups in total. The summed E-state index contributed by atoms with van der Waals surface area (Å²) < 4.78 is 41.1. The molecule has 26 heavy (non-hydrogen) atoms. The fraction of sp³-hybridized carbons (Fsp3) is 0.176. The molecule has 0 atom stereocenters. The summed E-state index contributed by atoms with van der Waals surface area (Å²) in [4.78, 5) is 12.3. The van der Waals surface area contributed by atoms with E-state index in [-0.39, 0.29) is 5.91 Å². The largest absolute Gasteiger partial charge is 0.435 e. The molecule has 0 aliphatic carbocycles. The average molecular weight is 383 g/mol. The van der Waals surface area contributed by atoms with Crippen molar-refractivity contribution in [3.8, 4) is 11.3 Å². The van der Waals surface area contributed by atoms with Gasteiger partial charge in [0, 0.05) is 26.0 Å². The van der Waals surface area contributed by atoms with E-state index in [2.05, 4.69) is 10.4 Å². The van der Waals surface area contributed by atoms with Crippen molar-refractivity contribution >= 4 is 23.2 Å². The van der Waals surface area contributed by atoms with Crippen molar-refractivity contribution in [1.82, 2.24) is 14.3 Å². The highest BCUT2D eigenvalue weighted by molar-refractivity contribution is 6.34. The molecule has 1 amide bonds. The van der Waals surface area contributed by atoms with Gasteiger partial charge in [-0.05, 0) is 29.8 Å². The summed E-state index contributed by atoms with van der Waals surface area (Å²) >= 11 is 5.98. The average Bonchev–Trinajstić information content (AvgIpc) is 3.11. The van der Waals surface area contributed by atoms with Gasteiger partial charge in [0.2, 0.25) is 0 Å². The van der Waals surface area contributed by atoms with Crippen LogP contribution in [0.4, 0.5) is 18.9 Å². The van der Waals surface area contributed by atoms with Crippen molar-refractivity contribution in [2.75, 3.05) is 5.32 Å². The lowest BCUT2D eigenvalue weighted by molar-refractivity contribution is -0.141. The third-order valence-electron chi connectivity index (χ3n) is 3.85. The molecule has 0 aliphatic heterocycles. The molecular formula is C17H14ClF3N4O. The second-order valence-corrected chi connectivity index (χ2v) is 6.10. The molecule has 0 saturated carbocycles. The summed E-state index contributed by atoms with van der Waals surface area (Å²) in [5.74, 6) is -0.379. The number of hydrogen-bond donors (Lipinski definition) is 1. The van der Waals surface area contributed by atoms with Crippen LogP contribution >= 0.6 is 11.6 Å². The standard InChI is InChI=1S/C17H14ClF3N4O/c1-24-8-7-12(18)15(24)16(26)22-11-5-3-10(4-6-11)13-9-14(17(19,20)21)23-25(13)2/h3-9H,1-2H3,(H,22,26). The fourth-order valence-corrected chi connectivity index (χ4v) is 2.83. The Kier molecular flexibility index (Phi) is 4.53. The van der Waals surface area contributed by atoms with Crippen LogP contribution < -0.4 is 5.32 Å². The molecule has 0 radical (unpaired) electrons. The highest BCUT2D eigenvalue weighted by Gasteiger charge is 2.34. The smallest absolute Gasteiger partial charge is 0.345 e. The maximum Gasteiger partial charge on any atom is 0.435 e. The number of amides is 1. The minimum Gasteiger partial charge on any atom is -0.345 e. The topological polar surface area (TPSA) is 51.9 Å². The second kappa shape index (κ2) is 6.53. The molecule has 0 unspecified atom stereocenters. The number of carbonyl (C=O) groups is 1. The Morgan fingerprint density at radius 2 is 1.81 bits per heavy atom. The number of anilines is 1. The van der Waals surface area contributed by atoms with E-state index < -0.39 is 11.9 Å². The van der Waals surface area contributed by atoms with Gasteiger partial charge >= 0.3 is 6.18 Å². The van der Waals surface area contributed by atoms with E-state index in [1.165, 1.54) is 11.7 Å². The SMILES string of the molecule is Cn1ccc(Cl)c1C(=O)Nc1ccc(-c2cc(C(F)(F)F)nn2C)cc1. The zero-order chi connectivity index (χ0) is 19.1. The van der Waals surface area contributed by atoms with Crippen LogP contribution in [0.25, 0.3) is 11.3 Å². The highest BCUT2D eigenvalue weighted by atomic mass is 35.5. The number of nitrogens with one attached hydrogen (secondary N) is 1. The lowest BCUT2D eigenvalue weighted by Gasteiger charge is -2.08. The number of hydrogen-bond acceptors (Lipinski definition) is 2. The Morgan fingerprint density at radius 1 is 1.15 bits per heavy atom. The van der Waals surface area contributed by atoms with Crippen molar-refractivity contribution < 1.29 is 18.0 Å². The van der Waals surface area contributed by atoms with Gasteiger partial charge in [-0.1, -0.05) is 23.7 Å². The molecule has 3 rings (SSSR count). The van der Waals surface area contributed by atoms with Crippen LogP contribution in [0.3, 0.4) is 0 Å². The van der Waals surface area contributed by atoms with Gasteiger partial charge in [0.1, 0.15) is 5.69 Å². The summed E-state index contributed by atoms with van der Waals surface area (Å²) in [6.45, 7) is 0. The van der Waals surface area contributed by atoms with E-state index in [9.17, 15) is 18.0 Å². The third kappa shape index (κ3) is 3.45. The molecule has 3 aromatic rings. The molecule has 0 saturated heterocycles. The van der Waals surface area contributed by atoms with E-state index in [0.717, 1.165) is 6.07 Å². The maximum atomic E-state index is 12.8. The van der Waals surface area contributed by atoms with E-state index in [1.54, 1.807) is 48.1 Å². The molecular weight excluding hydrogens is 369 g/mol. The van der Waals surface area contributed by atoms with E-state index in [4.69, 9.17) is 11.6 Å². The molecule has 2 aromatic heterocycles. The number of halogens is 4. The van der Waals surface area contributed by atoms with Crippen molar-refractivity contribution in [2.45, 2.75) is 6.18 Å². The summed E-state index contributed by atoms with van der Waals surface area (Å²) in [5, 5.41) is 6.52. The zero-order valence-corrected chi connectivity index (χ0v) is 14.6. The number of alkyl halides is 3. The van der Waals surface area contributed by atoms with Crippen LogP contribution in [-0.2, 0) is 20.3 Å². The predicted molar refractivity (Wildman–Crippen MR) is 92.0 cm³/mol. The molecule has 0 spiro atoms. The molecule has 0 fully saturated rings. The minimum absolute atomic E-state index is 0.317. The van der Waals surface area contributed by atoms with Crippen LogP contribution in [0.2, 0.25) is 5.02 Å². The first-order valence-corrected chi connectivity index (χ1v) is 7.88. The molecule has 1 aromatic carbocycles. The van der Waals surface area contributed by atoms with Crippen LogP contribution in [0.1, 0.15) is 16.2 Å². The number of benzene rings is 1. The Morgan fingerprint density at radius 3 is 2.31 bits per heavy atom. The Bertz CT molecular complexity index is 938. The summed E-state index contributed by atoms with van der Waals surface area (Å²) in [5.41, 5.74) is 0.725. The molecule has 136 valence electrons. The first kappa shape index (κ1) is 18.1. The minimum atomic E-state index is -4.50. The van der Waals surface area contributed by atoms with Crippen molar-refractivity contribution in [1.29, 1.82) is 0 Å². The Hall–Kier alpha value is -2.74. The summed E-state index contributed by atoms with van der Waals surface area (Å²) in [7, 11) is 3.14. The Labute approximate surface area is 152 Å². The summed E-state index contributed by atoms with van der Waals surface area (Å²) in [6.07, 6.45) is -2.83. The van der Waals surface area contributed by atoms with Gasteiger partial charge in [-0.15, -0.1) is 0 Å². The van der Waals surface area contributed by atoms with Gasteiger partial charge in [0.15, 0.2) is 5.69 Å². The number of carbonyl (C=O) groups excluding carboxylic acids is 1. The lowest BCUT2D eigenvalue weighted by Crippen LogP contribution is -2.15. The van der Waals surface area contributed by atoms with E-state index >= 15 is 0 Å². The van der Waals surface area contributed by atoms with Gasteiger partial charge < -0.3 is 9.88 Å². The van der Waals surface area contributed by atoms with Crippen LogP contribution in [0, 0.1) is 0 Å². The normalized spacial score (nSPS) is 11.6. The fourth-order valence-electron chi connectivity index (χ4n) is 2.56. The molecule has 5 nitrogen and oxygen atoms in total. The molecule has 2 heterocycles. The van der Waals surface area contributed by atoms with Crippen molar-refractivity contribution in [3.05, 3.63) is 59.0 Å². The zero-order valence-electron chi connectivity index (χ0n) is 13.8. The van der Waals surface area contributed by atoms with Crippen LogP contribution in [-0.4, -0.2) is 20.3 Å². The maximum absolute atomic E-state index is 12.8. The molecule has 9 heteroatoms. The predicted octanol–water partition coefficient (Wildman–Crippen LogP) is 4.35. The monoisotopic (exact) mass is 382 g/mol. The number of aromatic nitrogens is 3. The quantitative estimate of drug-likeness (QED) is 0.732. The van der Waals surface area contributed by atoms with Gasteiger partial charge in [0.05, 0.1) is 10.7 Å². The van der Waals surface area contributed by atoms with Crippen molar-refractivity contribution in [2.24, 2.45) is 14.1 Å². The van der Waals surface area contributed by atoms with E-state index in [0.29, 0.717) is 27.7 Å². The number of nitrogens with zero attached hydrogens (tertiary/aromatic N) is 3. The Balaban J connectivity index is 1.81. The van der Waals surface area contributed by atoms with Gasteiger partial charge in [-0.25, -0.2) is 0 Å². The van der Waals surface area contributed by atoms with Gasteiger partial charge in [-0.3, -0.25) is 9.48 Å². The van der Waals surface area contributed by atoms with Gasteiger partial charge in [0.25, 0.3) is 5.91 Å². The van der Waals surface area contributed by atoms with Crippen LogP contribution in [0.15, 0.2) is 42.6 Å². The van der Waals surface area contributed by atoms with Gasteiger partial charge in [-0.2, -0.15) is 18.3 Å². The number of rotatable bonds is 3. The van der Waals surface area contributed by atoms with Crippen LogP contribution in [0.5, 0.6) is 0 Å². The molecule has 0 aliphatic rings. The number of aryl methyl sites for hydroxylation is 2. The lowest BCUT2D eigenvalue weighted by atomic mass is 10.1. The second-order valence-electron chi connectivity index (χ2n) is 5.69. The van der Waals surface area contributed by atoms with Crippen molar-refractivity contribution in [3.63, 3.8) is 0 Å². The molecule has 0 bridgehead atoms. The summed E-state index contributed by atoms with van der Waals surface area (Å²) in [6, 6.07) is 9.02.